The largest absolute Gasteiger partial charge is 0.270 e. The first-order valence-corrected chi connectivity index (χ1v) is 4.74. The number of benzene rings is 1. The second-order valence-electron chi connectivity index (χ2n) is 2.90. The van der Waals surface area contributed by atoms with Crippen LogP contribution in [0, 0.1) is 10.1 Å². The summed E-state index contributed by atoms with van der Waals surface area (Å²) in [5, 5.41) is 11.6. The van der Waals surface area contributed by atoms with Crippen LogP contribution in [0.5, 0.6) is 0 Å². The molecule has 15 heavy (non-hydrogen) atoms. The highest BCUT2D eigenvalue weighted by atomic mass is 35.5. The van der Waals surface area contributed by atoms with Gasteiger partial charge < -0.3 is 0 Å². The van der Waals surface area contributed by atoms with Crippen LogP contribution < -0.4 is 0 Å². The lowest BCUT2D eigenvalue weighted by Gasteiger charge is -1.99. The van der Waals surface area contributed by atoms with Crippen LogP contribution in [0.25, 0.3) is 10.9 Å². The molecular weight excluding hydrogens is 239 g/mol. The molecule has 0 radical (unpaired) electrons. The van der Waals surface area contributed by atoms with E-state index < -0.39 is 4.92 Å². The first-order valence-electron chi connectivity index (χ1n) is 3.98. The third kappa shape index (κ3) is 1.86. The van der Waals surface area contributed by atoms with E-state index in [2.05, 4.69) is 4.98 Å². The zero-order valence-corrected chi connectivity index (χ0v) is 8.79. The standard InChI is InChI=1S/C9H4Cl2N2O2/c10-7-4-5-3-6(13(14)15)1-2-8(5)12-9(7)11/h1-4H. The number of non-ortho nitro benzene ring substituents is 1. The molecule has 0 saturated heterocycles. The van der Waals surface area contributed by atoms with Gasteiger partial charge in [-0.3, -0.25) is 10.1 Å². The summed E-state index contributed by atoms with van der Waals surface area (Å²) in [6, 6.07) is 5.87. The number of nitrogens with zero attached hydrogens (tertiary/aromatic N) is 2. The van der Waals surface area contributed by atoms with Gasteiger partial charge in [0.05, 0.1) is 15.5 Å². The molecule has 0 bridgehead atoms. The lowest BCUT2D eigenvalue weighted by Crippen LogP contribution is -1.88. The number of halogens is 2. The molecule has 1 aromatic heterocycles. The van der Waals surface area contributed by atoms with Crippen LogP contribution in [0.4, 0.5) is 5.69 Å². The van der Waals surface area contributed by atoms with Gasteiger partial charge in [0, 0.05) is 17.5 Å². The van der Waals surface area contributed by atoms with E-state index >= 15 is 0 Å². The fourth-order valence-corrected chi connectivity index (χ4v) is 1.53. The normalized spacial score (nSPS) is 10.5. The van der Waals surface area contributed by atoms with Gasteiger partial charge >= 0.3 is 0 Å². The number of fused-ring (bicyclic) bond motifs is 1. The Kier molecular flexibility index (Phi) is 2.46. The number of nitro benzene ring substituents is 1. The van der Waals surface area contributed by atoms with E-state index in [1.54, 1.807) is 6.07 Å². The maximum atomic E-state index is 10.5. The minimum absolute atomic E-state index is 0.00249. The maximum Gasteiger partial charge on any atom is 0.270 e. The van der Waals surface area contributed by atoms with E-state index in [0.29, 0.717) is 10.9 Å². The maximum absolute atomic E-state index is 10.5. The van der Waals surface area contributed by atoms with Crippen molar-refractivity contribution < 1.29 is 4.92 Å². The first kappa shape index (κ1) is 10.1. The number of nitro groups is 1. The lowest BCUT2D eigenvalue weighted by atomic mass is 10.2. The Balaban J connectivity index is 2.72. The van der Waals surface area contributed by atoms with E-state index in [-0.39, 0.29) is 15.9 Å². The summed E-state index contributed by atoms with van der Waals surface area (Å²) in [5.41, 5.74) is 0.581. The van der Waals surface area contributed by atoms with Crippen molar-refractivity contribution in [1.29, 1.82) is 0 Å². The van der Waals surface area contributed by atoms with Crippen LogP contribution in [-0.2, 0) is 0 Å². The number of hydrogen-bond donors (Lipinski definition) is 0. The Hall–Kier alpha value is -1.39. The highest BCUT2D eigenvalue weighted by Crippen LogP contribution is 2.26. The molecule has 0 saturated carbocycles. The SMILES string of the molecule is O=[N+]([O-])c1ccc2nc(Cl)c(Cl)cc2c1. The Morgan fingerprint density at radius 3 is 2.67 bits per heavy atom. The van der Waals surface area contributed by atoms with Gasteiger partial charge in [-0.25, -0.2) is 4.98 Å². The van der Waals surface area contributed by atoms with Gasteiger partial charge in [-0.05, 0) is 12.1 Å². The topological polar surface area (TPSA) is 56.0 Å². The van der Waals surface area contributed by atoms with Crippen molar-refractivity contribution in [2.24, 2.45) is 0 Å². The molecule has 4 nitrogen and oxygen atoms in total. The molecule has 1 heterocycles. The zero-order chi connectivity index (χ0) is 11.0. The van der Waals surface area contributed by atoms with Crippen molar-refractivity contribution in [3.63, 3.8) is 0 Å². The third-order valence-electron chi connectivity index (χ3n) is 1.92. The molecule has 76 valence electrons. The molecule has 0 N–H and O–H groups in total. The van der Waals surface area contributed by atoms with Gasteiger partial charge in [0.25, 0.3) is 5.69 Å². The molecule has 0 amide bonds. The van der Waals surface area contributed by atoms with Crippen LogP contribution in [0.1, 0.15) is 0 Å². The fourth-order valence-electron chi connectivity index (χ4n) is 1.23. The number of hydrogen-bond acceptors (Lipinski definition) is 3. The summed E-state index contributed by atoms with van der Waals surface area (Å²) in [6.07, 6.45) is 0. The van der Waals surface area contributed by atoms with Gasteiger partial charge in [0.1, 0.15) is 5.15 Å². The van der Waals surface area contributed by atoms with Crippen LogP contribution >= 0.6 is 23.2 Å². The van der Waals surface area contributed by atoms with Crippen LogP contribution in [-0.4, -0.2) is 9.91 Å². The Bertz CT molecular complexity index is 557. The van der Waals surface area contributed by atoms with E-state index in [9.17, 15) is 10.1 Å². The minimum atomic E-state index is -0.470. The molecule has 6 heteroatoms. The van der Waals surface area contributed by atoms with E-state index in [1.165, 1.54) is 18.2 Å². The molecule has 0 spiro atoms. The smallest absolute Gasteiger partial charge is 0.258 e. The molecule has 2 aromatic rings. The highest BCUT2D eigenvalue weighted by molar-refractivity contribution is 6.41. The average molecular weight is 243 g/mol. The summed E-state index contributed by atoms with van der Waals surface area (Å²) in [4.78, 5) is 14.0. The summed E-state index contributed by atoms with van der Waals surface area (Å²) >= 11 is 11.5. The van der Waals surface area contributed by atoms with Gasteiger partial charge in [-0.2, -0.15) is 0 Å². The molecule has 0 atom stereocenters. The number of rotatable bonds is 1. The lowest BCUT2D eigenvalue weighted by molar-refractivity contribution is -0.384. The molecule has 0 unspecified atom stereocenters. The van der Waals surface area contributed by atoms with Crippen molar-refractivity contribution >= 4 is 39.8 Å². The van der Waals surface area contributed by atoms with Gasteiger partial charge in [-0.15, -0.1) is 0 Å². The second kappa shape index (κ2) is 3.64. The number of pyridine rings is 1. The predicted octanol–water partition coefficient (Wildman–Crippen LogP) is 3.45. The quantitative estimate of drug-likeness (QED) is 0.437. The van der Waals surface area contributed by atoms with Crippen molar-refractivity contribution in [2.75, 3.05) is 0 Å². The van der Waals surface area contributed by atoms with Crippen LogP contribution in [0.15, 0.2) is 24.3 Å². The van der Waals surface area contributed by atoms with Crippen molar-refractivity contribution in [1.82, 2.24) is 4.98 Å². The summed E-state index contributed by atoms with van der Waals surface area (Å²) < 4.78 is 0. The van der Waals surface area contributed by atoms with Crippen LogP contribution in [0.3, 0.4) is 0 Å². The van der Waals surface area contributed by atoms with Crippen molar-refractivity contribution in [2.45, 2.75) is 0 Å². The molecule has 1 aromatic carbocycles. The van der Waals surface area contributed by atoms with Gasteiger partial charge in [0.2, 0.25) is 0 Å². The monoisotopic (exact) mass is 242 g/mol. The van der Waals surface area contributed by atoms with E-state index in [0.717, 1.165) is 0 Å². The molecule has 0 aliphatic carbocycles. The first-order chi connectivity index (χ1) is 7.08. The molecular formula is C9H4Cl2N2O2. The third-order valence-corrected chi connectivity index (χ3v) is 2.59. The molecule has 0 aliphatic rings. The van der Waals surface area contributed by atoms with E-state index in [4.69, 9.17) is 23.2 Å². The highest BCUT2D eigenvalue weighted by Gasteiger charge is 2.08. The summed E-state index contributed by atoms with van der Waals surface area (Å²) in [7, 11) is 0. The van der Waals surface area contributed by atoms with Gasteiger partial charge in [0.15, 0.2) is 0 Å². The predicted molar refractivity (Wildman–Crippen MR) is 58.4 cm³/mol. The van der Waals surface area contributed by atoms with E-state index in [1.807, 2.05) is 0 Å². The van der Waals surface area contributed by atoms with Crippen molar-refractivity contribution in [3.8, 4) is 0 Å². The van der Waals surface area contributed by atoms with Gasteiger partial charge in [-0.1, -0.05) is 23.2 Å². The second-order valence-corrected chi connectivity index (χ2v) is 3.66. The van der Waals surface area contributed by atoms with Crippen LogP contribution in [0.2, 0.25) is 10.2 Å². The minimum Gasteiger partial charge on any atom is -0.258 e. The summed E-state index contributed by atoms with van der Waals surface area (Å²) in [5.74, 6) is 0. The Labute approximate surface area is 94.6 Å². The molecule has 0 fully saturated rings. The zero-order valence-electron chi connectivity index (χ0n) is 7.28. The Morgan fingerprint density at radius 2 is 2.00 bits per heavy atom. The molecule has 2 rings (SSSR count). The van der Waals surface area contributed by atoms with Crippen molar-refractivity contribution in [3.05, 3.63) is 44.6 Å². The summed E-state index contributed by atoms with van der Waals surface area (Å²) in [6.45, 7) is 0. The number of aromatic nitrogens is 1. The Morgan fingerprint density at radius 1 is 1.27 bits per heavy atom. The molecule has 0 aliphatic heterocycles. The fraction of sp³-hybridized carbons (Fsp3) is 0. The average Bonchev–Trinajstić information content (AvgIpc) is 2.19.